The van der Waals surface area contributed by atoms with Gasteiger partial charge in [-0.2, -0.15) is 10.2 Å². The third kappa shape index (κ3) is 5.55. The summed E-state index contributed by atoms with van der Waals surface area (Å²) in [5.74, 6) is 0.552. The predicted molar refractivity (Wildman–Crippen MR) is 106 cm³/mol. The Morgan fingerprint density at radius 3 is 2.59 bits per heavy atom. The lowest BCUT2D eigenvalue weighted by atomic mass is 10.1. The number of aromatic amines is 1. The van der Waals surface area contributed by atoms with Crippen molar-refractivity contribution in [1.29, 1.82) is 0 Å². The minimum atomic E-state index is -0.490. The summed E-state index contributed by atoms with van der Waals surface area (Å²) >= 11 is 5.88. The number of H-pyrrole nitrogens is 1. The Hall–Kier alpha value is -2.87. The van der Waals surface area contributed by atoms with Crippen LogP contribution in [0.3, 0.4) is 0 Å². The van der Waals surface area contributed by atoms with Crippen molar-refractivity contribution >= 4 is 28.9 Å². The number of likely N-dealkylation sites (N-methyl/N-ethyl adjacent to an activating group) is 1. The van der Waals surface area contributed by atoms with Crippen molar-refractivity contribution in [3.63, 3.8) is 0 Å². The number of rotatable bonds is 8. The second-order valence-electron chi connectivity index (χ2n) is 5.61. The van der Waals surface area contributed by atoms with Gasteiger partial charge in [0.05, 0.1) is 11.9 Å². The third-order valence-electron chi connectivity index (χ3n) is 3.89. The van der Waals surface area contributed by atoms with Crippen molar-refractivity contribution in [2.45, 2.75) is 20.8 Å². The highest BCUT2D eigenvalue weighted by atomic mass is 35.5. The summed E-state index contributed by atoms with van der Waals surface area (Å²) in [5, 5.41) is 10.1. The second kappa shape index (κ2) is 9.72. The Labute approximate surface area is 162 Å². The molecule has 1 amide bonds. The zero-order chi connectivity index (χ0) is 19.8. The first-order valence-electron chi connectivity index (χ1n) is 8.50. The Balaban J connectivity index is 1.98. The maximum atomic E-state index is 12.0. The van der Waals surface area contributed by atoms with E-state index in [2.05, 4.69) is 20.7 Å². The average molecular weight is 392 g/mol. The van der Waals surface area contributed by atoms with Crippen molar-refractivity contribution < 1.29 is 9.53 Å². The van der Waals surface area contributed by atoms with Crippen LogP contribution in [0.4, 0.5) is 5.69 Å². The SMILES string of the molecule is CCN(CC)C(=O)COc1ccc(/C(C)=N\Nc2cn[nH]c(=O)c2Cl)cc1. The molecule has 0 aliphatic rings. The fourth-order valence-electron chi connectivity index (χ4n) is 2.28. The van der Waals surface area contributed by atoms with Gasteiger partial charge in [-0.25, -0.2) is 5.10 Å². The standard InChI is InChI=1S/C18H22ClN5O3/c1-4-24(5-2)16(25)11-27-14-8-6-13(7-9-14)12(3)21-22-15-10-20-23-18(26)17(15)19/h6-10H,4-5,11H2,1-3H3,(H2,22,23,26)/b21-12-. The largest absolute Gasteiger partial charge is 0.484 e. The van der Waals surface area contributed by atoms with Gasteiger partial charge in [0.1, 0.15) is 16.5 Å². The minimum Gasteiger partial charge on any atom is -0.484 e. The van der Waals surface area contributed by atoms with Gasteiger partial charge >= 0.3 is 0 Å². The van der Waals surface area contributed by atoms with E-state index in [1.807, 2.05) is 26.0 Å². The number of hydrazone groups is 1. The molecule has 0 fully saturated rings. The van der Waals surface area contributed by atoms with Gasteiger partial charge in [-0.15, -0.1) is 0 Å². The molecule has 8 nitrogen and oxygen atoms in total. The summed E-state index contributed by atoms with van der Waals surface area (Å²) in [6.45, 7) is 6.99. The summed E-state index contributed by atoms with van der Waals surface area (Å²) < 4.78 is 5.53. The van der Waals surface area contributed by atoms with Crippen molar-refractivity contribution in [3.05, 3.63) is 51.4 Å². The Morgan fingerprint density at radius 1 is 1.30 bits per heavy atom. The number of aromatic nitrogens is 2. The van der Waals surface area contributed by atoms with Crippen LogP contribution in [0.5, 0.6) is 5.75 Å². The molecule has 1 heterocycles. The molecule has 0 saturated carbocycles. The molecule has 27 heavy (non-hydrogen) atoms. The zero-order valence-corrected chi connectivity index (χ0v) is 16.2. The molecule has 1 aromatic heterocycles. The number of anilines is 1. The lowest BCUT2D eigenvalue weighted by Crippen LogP contribution is -2.34. The van der Waals surface area contributed by atoms with Crippen molar-refractivity contribution in [2.24, 2.45) is 5.10 Å². The average Bonchev–Trinajstić information content (AvgIpc) is 2.68. The number of carbonyl (C=O) groups excluding carboxylic acids is 1. The zero-order valence-electron chi connectivity index (χ0n) is 15.5. The van der Waals surface area contributed by atoms with Crippen LogP contribution < -0.4 is 15.7 Å². The molecular weight excluding hydrogens is 370 g/mol. The van der Waals surface area contributed by atoms with Crippen LogP contribution in [0.15, 0.2) is 40.4 Å². The lowest BCUT2D eigenvalue weighted by molar-refractivity contribution is -0.132. The van der Waals surface area contributed by atoms with E-state index in [-0.39, 0.29) is 17.5 Å². The first kappa shape index (κ1) is 20.4. The first-order valence-corrected chi connectivity index (χ1v) is 8.88. The van der Waals surface area contributed by atoms with E-state index in [0.29, 0.717) is 30.2 Å². The number of amides is 1. The normalized spacial score (nSPS) is 11.2. The van der Waals surface area contributed by atoms with Crippen LogP contribution in [-0.4, -0.2) is 46.4 Å². The number of halogens is 1. The molecule has 0 aliphatic carbocycles. The van der Waals surface area contributed by atoms with Gasteiger partial charge in [0.2, 0.25) is 0 Å². The van der Waals surface area contributed by atoms with Gasteiger partial charge in [-0.1, -0.05) is 11.6 Å². The number of benzene rings is 1. The van der Waals surface area contributed by atoms with Crippen molar-refractivity contribution in [2.75, 3.05) is 25.1 Å². The maximum absolute atomic E-state index is 12.0. The van der Waals surface area contributed by atoms with E-state index in [1.165, 1.54) is 6.20 Å². The molecule has 2 aromatic rings. The van der Waals surface area contributed by atoms with Crippen LogP contribution in [0, 0.1) is 0 Å². The Kier molecular flexibility index (Phi) is 7.36. The van der Waals surface area contributed by atoms with Crippen LogP contribution >= 0.6 is 11.6 Å². The van der Waals surface area contributed by atoms with Crippen LogP contribution in [-0.2, 0) is 4.79 Å². The lowest BCUT2D eigenvalue weighted by Gasteiger charge is -2.18. The Bertz CT molecular complexity index is 860. The molecule has 9 heteroatoms. The van der Waals surface area contributed by atoms with Crippen LogP contribution in [0.25, 0.3) is 0 Å². The molecule has 0 radical (unpaired) electrons. The molecule has 0 spiro atoms. The summed E-state index contributed by atoms with van der Waals surface area (Å²) in [4.78, 5) is 25.1. The van der Waals surface area contributed by atoms with Crippen LogP contribution in [0.2, 0.25) is 5.02 Å². The molecular formula is C18H22ClN5O3. The van der Waals surface area contributed by atoms with Gasteiger partial charge in [0, 0.05) is 13.1 Å². The van der Waals surface area contributed by atoms with Crippen LogP contribution in [0.1, 0.15) is 26.3 Å². The molecule has 1 aromatic carbocycles. The summed E-state index contributed by atoms with van der Waals surface area (Å²) in [7, 11) is 0. The van der Waals surface area contributed by atoms with E-state index < -0.39 is 5.56 Å². The quantitative estimate of drug-likeness (QED) is 0.532. The third-order valence-corrected chi connectivity index (χ3v) is 4.27. The smallest absolute Gasteiger partial charge is 0.285 e. The van der Waals surface area contributed by atoms with E-state index in [1.54, 1.807) is 24.0 Å². The van der Waals surface area contributed by atoms with Gasteiger partial charge in [0.25, 0.3) is 11.5 Å². The van der Waals surface area contributed by atoms with Crippen molar-refractivity contribution in [3.8, 4) is 5.75 Å². The number of nitrogens with zero attached hydrogens (tertiary/aromatic N) is 3. The minimum absolute atomic E-state index is 0.00368. The maximum Gasteiger partial charge on any atom is 0.285 e. The highest BCUT2D eigenvalue weighted by Gasteiger charge is 2.10. The van der Waals surface area contributed by atoms with E-state index in [9.17, 15) is 9.59 Å². The summed E-state index contributed by atoms with van der Waals surface area (Å²) in [5.41, 5.74) is 4.07. The molecule has 2 rings (SSSR count). The van der Waals surface area contributed by atoms with Gasteiger partial charge in [0.15, 0.2) is 6.61 Å². The first-order chi connectivity index (χ1) is 13.0. The fourth-order valence-corrected chi connectivity index (χ4v) is 2.41. The second-order valence-corrected chi connectivity index (χ2v) is 5.99. The Morgan fingerprint density at radius 2 is 1.96 bits per heavy atom. The number of carbonyl (C=O) groups is 1. The van der Waals surface area contributed by atoms with Crippen molar-refractivity contribution in [1.82, 2.24) is 15.1 Å². The van der Waals surface area contributed by atoms with E-state index >= 15 is 0 Å². The van der Waals surface area contributed by atoms with Gasteiger partial charge < -0.3 is 9.64 Å². The fraction of sp³-hybridized carbons (Fsp3) is 0.333. The molecule has 2 N–H and O–H groups in total. The highest BCUT2D eigenvalue weighted by Crippen LogP contribution is 2.16. The predicted octanol–water partition coefficient (Wildman–Crippen LogP) is 2.51. The van der Waals surface area contributed by atoms with E-state index in [0.717, 1.165) is 5.56 Å². The monoisotopic (exact) mass is 391 g/mol. The molecule has 0 saturated heterocycles. The topological polar surface area (TPSA) is 99.7 Å². The molecule has 0 unspecified atom stereocenters. The van der Waals surface area contributed by atoms with E-state index in [4.69, 9.17) is 16.3 Å². The highest BCUT2D eigenvalue weighted by molar-refractivity contribution is 6.32. The number of hydrogen-bond donors (Lipinski definition) is 2. The molecule has 0 bridgehead atoms. The molecule has 144 valence electrons. The summed E-state index contributed by atoms with van der Waals surface area (Å²) in [6, 6.07) is 7.20. The van der Waals surface area contributed by atoms with Gasteiger partial charge in [-0.3, -0.25) is 15.0 Å². The summed E-state index contributed by atoms with van der Waals surface area (Å²) in [6.07, 6.45) is 1.38. The molecule has 0 aliphatic heterocycles. The number of hydrogen-bond acceptors (Lipinski definition) is 6. The van der Waals surface area contributed by atoms with Gasteiger partial charge in [-0.05, 0) is 50.6 Å². The number of nitrogens with one attached hydrogen (secondary N) is 2. The number of ether oxygens (including phenoxy) is 1. The molecule has 0 atom stereocenters.